The van der Waals surface area contributed by atoms with E-state index in [0.717, 1.165) is 50.9 Å². The van der Waals surface area contributed by atoms with Crippen LogP contribution in [0, 0.1) is 6.92 Å². The van der Waals surface area contributed by atoms with Crippen molar-refractivity contribution in [3.05, 3.63) is 107 Å². The number of hydrogen-bond donors (Lipinski definition) is 1. The Bertz CT molecular complexity index is 879. The molecule has 1 aliphatic heterocycles. The molecule has 1 atom stereocenters. The number of aliphatic hydroxyl groups excluding tert-OH is 1. The number of hydrogen-bond acceptors (Lipinski definition) is 3. The first-order valence-corrected chi connectivity index (χ1v) is 11.9. The molecule has 1 N–H and O–H groups in total. The third-order valence-electron chi connectivity index (χ3n) is 6.48. The van der Waals surface area contributed by atoms with E-state index in [2.05, 4.69) is 84.6 Å². The van der Waals surface area contributed by atoms with Gasteiger partial charge in [-0.25, -0.2) is 0 Å². The fraction of sp³-hybridized carbons (Fsp3) is 0.379. The number of rotatable bonds is 9. The van der Waals surface area contributed by atoms with Crippen LogP contribution in [0.1, 0.15) is 60.1 Å². The summed E-state index contributed by atoms with van der Waals surface area (Å²) < 4.78 is 6.66. The van der Waals surface area contributed by atoms with Crippen LogP contribution < -0.4 is 0 Å². The van der Waals surface area contributed by atoms with Gasteiger partial charge in [-0.05, 0) is 55.8 Å². The molecule has 1 aliphatic rings. The lowest BCUT2D eigenvalue weighted by molar-refractivity contribution is -0.0274. The lowest BCUT2D eigenvalue weighted by Gasteiger charge is -2.34. The van der Waals surface area contributed by atoms with E-state index in [-0.39, 0.29) is 18.3 Å². The van der Waals surface area contributed by atoms with Gasteiger partial charge in [-0.1, -0.05) is 90.5 Å². The predicted octanol–water partition coefficient (Wildman–Crippen LogP) is 6.08. The third kappa shape index (κ3) is 6.29. The molecule has 0 radical (unpaired) electrons. The highest BCUT2D eigenvalue weighted by Crippen LogP contribution is 2.30. The van der Waals surface area contributed by atoms with Crippen LogP contribution in [0.25, 0.3) is 0 Å². The minimum atomic E-state index is -0.367. The number of aryl methyl sites for hydroxylation is 1. The average Bonchev–Trinajstić information content (AvgIpc) is 2.85. The molecule has 1 fully saturated rings. The van der Waals surface area contributed by atoms with Crippen LogP contribution in [0.15, 0.2) is 84.9 Å². The standard InChI is InChI=1S/C29H35NO2/c1-23-14-16-24(17-15-23)28(31)13-8-20-30-21-18-27(19-22-30)32-29(25-9-4-2-5-10-25)26-11-6-3-7-12-26/h2-7,9-12,14-17,27-29,31H,8,13,18-22H2,1H3. The Balaban J connectivity index is 1.25. The van der Waals surface area contributed by atoms with Gasteiger partial charge in [-0.2, -0.15) is 0 Å². The fourth-order valence-corrected chi connectivity index (χ4v) is 4.53. The molecular weight excluding hydrogens is 394 g/mol. The molecule has 1 saturated heterocycles. The molecule has 1 heterocycles. The van der Waals surface area contributed by atoms with Crippen LogP contribution in [-0.4, -0.2) is 35.7 Å². The highest BCUT2D eigenvalue weighted by atomic mass is 16.5. The number of likely N-dealkylation sites (tertiary alicyclic amines) is 1. The zero-order valence-electron chi connectivity index (χ0n) is 19.1. The number of piperidine rings is 1. The summed E-state index contributed by atoms with van der Waals surface area (Å²) in [4.78, 5) is 2.52. The first-order valence-electron chi connectivity index (χ1n) is 11.9. The summed E-state index contributed by atoms with van der Waals surface area (Å²) in [5, 5.41) is 10.5. The van der Waals surface area contributed by atoms with Crippen molar-refractivity contribution in [3.8, 4) is 0 Å². The van der Waals surface area contributed by atoms with Crippen molar-refractivity contribution < 1.29 is 9.84 Å². The normalized spacial score (nSPS) is 16.3. The lowest BCUT2D eigenvalue weighted by atomic mass is 10.00. The molecular formula is C29H35NO2. The maximum absolute atomic E-state index is 10.5. The maximum Gasteiger partial charge on any atom is 0.108 e. The van der Waals surface area contributed by atoms with E-state index >= 15 is 0 Å². The monoisotopic (exact) mass is 429 g/mol. The maximum atomic E-state index is 10.5. The molecule has 3 heteroatoms. The first-order chi connectivity index (χ1) is 15.7. The Kier molecular flexibility index (Phi) is 8.11. The fourth-order valence-electron chi connectivity index (χ4n) is 4.53. The van der Waals surface area contributed by atoms with Gasteiger partial charge in [0, 0.05) is 13.1 Å². The van der Waals surface area contributed by atoms with Crippen molar-refractivity contribution in [1.29, 1.82) is 0 Å². The van der Waals surface area contributed by atoms with Gasteiger partial charge in [0.2, 0.25) is 0 Å². The van der Waals surface area contributed by atoms with Gasteiger partial charge in [0.05, 0.1) is 12.2 Å². The van der Waals surface area contributed by atoms with Crippen molar-refractivity contribution >= 4 is 0 Å². The van der Waals surface area contributed by atoms with Crippen LogP contribution >= 0.6 is 0 Å². The molecule has 0 amide bonds. The molecule has 1 unspecified atom stereocenters. The number of aliphatic hydroxyl groups is 1. The van der Waals surface area contributed by atoms with Gasteiger partial charge in [0.15, 0.2) is 0 Å². The van der Waals surface area contributed by atoms with Crippen LogP contribution in [-0.2, 0) is 4.74 Å². The second-order valence-electron chi connectivity index (χ2n) is 8.95. The first kappa shape index (κ1) is 22.7. The molecule has 0 aromatic heterocycles. The number of benzene rings is 3. The molecule has 3 nitrogen and oxygen atoms in total. The summed E-state index contributed by atoms with van der Waals surface area (Å²) in [6.07, 6.45) is 3.82. The molecule has 0 bridgehead atoms. The summed E-state index contributed by atoms with van der Waals surface area (Å²) >= 11 is 0. The zero-order chi connectivity index (χ0) is 22.2. The Morgan fingerprint density at radius 2 is 1.38 bits per heavy atom. The molecule has 3 aromatic carbocycles. The predicted molar refractivity (Wildman–Crippen MR) is 131 cm³/mol. The van der Waals surface area contributed by atoms with Crippen molar-refractivity contribution in [1.82, 2.24) is 4.90 Å². The van der Waals surface area contributed by atoms with Gasteiger partial charge in [0.1, 0.15) is 6.10 Å². The highest BCUT2D eigenvalue weighted by molar-refractivity contribution is 5.30. The van der Waals surface area contributed by atoms with Gasteiger partial charge < -0.3 is 14.7 Å². The molecule has 168 valence electrons. The molecule has 3 aromatic rings. The topological polar surface area (TPSA) is 32.7 Å². The van der Waals surface area contributed by atoms with Crippen LogP contribution in [0.5, 0.6) is 0 Å². The smallest absolute Gasteiger partial charge is 0.108 e. The molecule has 4 rings (SSSR count). The summed E-state index contributed by atoms with van der Waals surface area (Å²) in [6, 6.07) is 29.3. The Hall–Kier alpha value is -2.46. The van der Waals surface area contributed by atoms with E-state index in [1.807, 2.05) is 12.1 Å². The van der Waals surface area contributed by atoms with Gasteiger partial charge in [0.25, 0.3) is 0 Å². The Labute approximate surface area is 192 Å². The molecule has 0 aliphatic carbocycles. The van der Waals surface area contributed by atoms with E-state index in [1.165, 1.54) is 16.7 Å². The molecule has 0 spiro atoms. The van der Waals surface area contributed by atoms with E-state index < -0.39 is 0 Å². The Morgan fingerprint density at radius 3 is 1.94 bits per heavy atom. The van der Waals surface area contributed by atoms with Crippen LogP contribution in [0.4, 0.5) is 0 Å². The molecule has 32 heavy (non-hydrogen) atoms. The third-order valence-corrected chi connectivity index (χ3v) is 6.48. The van der Waals surface area contributed by atoms with Crippen LogP contribution in [0.2, 0.25) is 0 Å². The Morgan fingerprint density at radius 1 is 0.812 bits per heavy atom. The highest BCUT2D eigenvalue weighted by Gasteiger charge is 2.24. The van der Waals surface area contributed by atoms with Crippen LogP contribution in [0.3, 0.4) is 0 Å². The second-order valence-corrected chi connectivity index (χ2v) is 8.95. The number of ether oxygens (including phenoxy) is 1. The SMILES string of the molecule is Cc1ccc(C(O)CCCN2CCC(OC(c3ccccc3)c3ccccc3)CC2)cc1. The second kappa shape index (κ2) is 11.4. The van der Waals surface area contributed by atoms with E-state index in [1.54, 1.807) is 0 Å². The van der Waals surface area contributed by atoms with E-state index in [9.17, 15) is 5.11 Å². The van der Waals surface area contributed by atoms with Gasteiger partial charge in [-0.3, -0.25) is 0 Å². The van der Waals surface area contributed by atoms with Gasteiger partial charge >= 0.3 is 0 Å². The summed E-state index contributed by atoms with van der Waals surface area (Å²) in [6.45, 7) is 5.23. The van der Waals surface area contributed by atoms with E-state index in [4.69, 9.17) is 4.74 Å². The van der Waals surface area contributed by atoms with Crippen molar-refractivity contribution in [2.45, 2.75) is 50.9 Å². The van der Waals surface area contributed by atoms with Crippen molar-refractivity contribution in [3.63, 3.8) is 0 Å². The summed E-state index contributed by atoms with van der Waals surface area (Å²) in [7, 11) is 0. The van der Waals surface area contributed by atoms with Crippen molar-refractivity contribution in [2.24, 2.45) is 0 Å². The molecule has 0 saturated carbocycles. The van der Waals surface area contributed by atoms with E-state index in [0.29, 0.717) is 0 Å². The minimum Gasteiger partial charge on any atom is -0.388 e. The summed E-state index contributed by atoms with van der Waals surface area (Å²) in [5.41, 5.74) is 4.68. The van der Waals surface area contributed by atoms with Crippen molar-refractivity contribution in [2.75, 3.05) is 19.6 Å². The zero-order valence-corrected chi connectivity index (χ0v) is 19.1. The quantitative estimate of drug-likeness (QED) is 0.447. The minimum absolute atomic E-state index is 0.0152. The largest absolute Gasteiger partial charge is 0.388 e. The lowest BCUT2D eigenvalue weighted by Crippen LogP contribution is -2.38. The number of nitrogens with zero attached hydrogens (tertiary/aromatic N) is 1. The summed E-state index contributed by atoms with van der Waals surface area (Å²) in [5.74, 6) is 0. The van der Waals surface area contributed by atoms with Gasteiger partial charge in [-0.15, -0.1) is 0 Å². The average molecular weight is 430 g/mol.